The summed E-state index contributed by atoms with van der Waals surface area (Å²) in [5.74, 6) is -0.635. The van der Waals surface area contributed by atoms with Crippen molar-refractivity contribution in [3.63, 3.8) is 0 Å². The Hall–Kier alpha value is -4.51. The van der Waals surface area contributed by atoms with Crippen molar-refractivity contribution in [1.29, 1.82) is 0 Å². The molecule has 1 unspecified atom stereocenters. The predicted molar refractivity (Wildman–Crippen MR) is 140 cm³/mol. The van der Waals surface area contributed by atoms with Crippen LogP contribution in [-0.2, 0) is 15.3 Å². The fraction of sp³-hybridized carbons (Fsp3) is 0.154. The van der Waals surface area contributed by atoms with Gasteiger partial charge in [-0.05, 0) is 35.4 Å². The van der Waals surface area contributed by atoms with Crippen molar-refractivity contribution in [1.82, 2.24) is 10.7 Å². The number of nitro benzene ring substituents is 1. The molecule has 3 rings (SSSR count). The maximum absolute atomic E-state index is 12.9. The van der Waals surface area contributed by atoms with Gasteiger partial charge in [-0.1, -0.05) is 42.5 Å². The lowest BCUT2D eigenvalue weighted by Gasteiger charge is -2.17. The number of rotatable bonds is 11. The van der Waals surface area contributed by atoms with E-state index in [1.54, 1.807) is 24.3 Å². The molecule has 0 aliphatic carbocycles. The number of carbonyl (C=O) groups excluding carboxylic acids is 3. The minimum absolute atomic E-state index is 0.141. The first kappa shape index (κ1) is 27.1. The van der Waals surface area contributed by atoms with Gasteiger partial charge in [-0.3, -0.25) is 19.7 Å². The third kappa shape index (κ3) is 8.29. The molecule has 2 N–H and O–H groups in total. The van der Waals surface area contributed by atoms with Crippen LogP contribution in [0.4, 0.5) is 5.69 Å². The fourth-order valence-electron chi connectivity index (χ4n) is 3.10. The van der Waals surface area contributed by atoms with Gasteiger partial charge in [-0.2, -0.15) is 16.9 Å². The van der Waals surface area contributed by atoms with Crippen LogP contribution in [0.2, 0.25) is 0 Å². The zero-order valence-electron chi connectivity index (χ0n) is 19.8. The summed E-state index contributed by atoms with van der Waals surface area (Å²) >= 11 is 1.46. The minimum atomic E-state index is -0.921. The van der Waals surface area contributed by atoms with Crippen LogP contribution in [-0.4, -0.2) is 47.8 Å². The van der Waals surface area contributed by atoms with Crippen LogP contribution in [0.25, 0.3) is 0 Å². The summed E-state index contributed by atoms with van der Waals surface area (Å²) < 4.78 is 4.66. The zero-order chi connectivity index (χ0) is 26.6. The quantitative estimate of drug-likeness (QED) is 0.170. The molecule has 10 nitrogen and oxygen atoms in total. The summed E-state index contributed by atoms with van der Waals surface area (Å²) in [4.78, 5) is 47.4. The monoisotopic (exact) mass is 520 g/mol. The van der Waals surface area contributed by atoms with Crippen LogP contribution in [0, 0.1) is 10.1 Å². The number of nitro groups is 1. The molecule has 190 valence electrons. The van der Waals surface area contributed by atoms with Gasteiger partial charge in [-0.25, -0.2) is 10.2 Å². The highest BCUT2D eigenvalue weighted by Gasteiger charge is 2.22. The number of methoxy groups -OCH3 is 1. The van der Waals surface area contributed by atoms with E-state index >= 15 is 0 Å². The van der Waals surface area contributed by atoms with Gasteiger partial charge in [-0.15, -0.1) is 0 Å². The number of thioether (sulfide) groups is 1. The number of ether oxygens (including phenoxy) is 1. The van der Waals surface area contributed by atoms with Crippen molar-refractivity contribution < 1.29 is 24.0 Å². The molecule has 0 saturated heterocycles. The molecule has 0 spiro atoms. The Balaban J connectivity index is 1.65. The molecule has 0 aliphatic rings. The van der Waals surface area contributed by atoms with E-state index in [1.807, 2.05) is 30.3 Å². The average molecular weight is 521 g/mol. The molecule has 2 amide bonds. The minimum Gasteiger partial charge on any atom is -0.465 e. The second-order valence-corrected chi connectivity index (χ2v) is 8.71. The van der Waals surface area contributed by atoms with Crippen LogP contribution >= 0.6 is 11.8 Å². The smallest absolute Gasteiger partial charge is 0.337 e. The second kappa shape index (κ2) is 13.5. The summed E-state index contributed by atoms with van der Waals surface area (Å²) in [5, 5.41) is 17.5. The zero-order valence-corrected chi connectivity index (χ0v) is 20.6. The number of amides is 2. The van der Waals surface area contributed by atoms with Gasteiger partial charge in [0.05, 0.1) is 23.8 Å². The van der Waals surface area contributed by atoms with Gasteiger partial charge < -0.3 is 10.1 Å². The molecule has 0 radical (unpaired) electrons. The summed E-state index contributed by atoms with van der Waals surface area (Å²) in [6.45, 7) is 0. The predicted octanol–water partition coefficient (Wildman–Crippen LogP) is 3.56. The van der Waals surface area contributed by atoms with E-state index in [9.17, 15) is 24.5 Å². The molecule has 11 heteroatoms. The first-order chi connectivity index (χ1) is 17.9. The summed E-state index contributed by atoms with van der Waals surface area (Å²) in [6.07, 6.45) is 1.41. The number of nitrogens with zero attached hydrogens (tertiary/aromatic N) is 2. The van der Waals surface area contributed by atoms with Crippen molar-refractivity contribution in [2.75, 3.05) is 12.9 Å². The van der Waals surface area contributed by atoms with Crippen molar-refractivity contribution in [3.05, 3.63) is 111 Å². The van der Waals surface area contributed by atoms with Crippen molar-refractivity contribution >= 4 is 41.4 Å². The normalized spacial score (nSPS) is 11.5. The molecule has 0 aromatic heterocycles. The third-order valence-corrected chi connectivity index (χ3v) is 6.18. The lowest BCUT2D eigenvalue weighted by molar-refractivity contribution is -0.384. The molecule has 3 aromatic rings. The number of nitrogens with one attached hydrogen (secondary N) is 2. The van der Waals surface area contributed by atoms with Crippen LogP contribution < -0.4 is 10.7 Å². The van der Waals surface area contributed by atoms with Crippen LogP contribution in [0.3, 0.4) is 0 Å². The molecular weight excluding hydrogens is 496 g/mol. The Labute approximate surface area is 217 Å². The molecule has 0 aliphatic heterocycles. The third-order valence-electron chi connectivity index (χ3n) is 5.08. The molecule has 0 fully saturated rings. The van der Waals surface area contributed by atoms with Gasteiger partial charge in [0.25, 0.3) is 17.5 Å². The lowest BCUT2D eigenvalue weighted by atomic mass is 10.1. The largest absolute Gasteiger partial charge is 0.465 e. The van der Waals surface area contributed by atoms with Crippen molar-refractivity contribution in [3.8, 4) is 0 Å². The molecular formula is C26H24N4O6S. The molecule has 0 heterocycles. The topological polar surface area (TPSA) is 140 Å². The Bertz CT molecular complexity index is 1260. The fourth-order valence-corrected chi connectivity index (χ4v) is 4.12. The summed E-state index contributed by atoms with van der Waals surface area (Å²) in [6, 6.07) is 20.3. The van der Waals surface area contributed by atoms with E-state index in [0.29, 0.717) is 16.9 Å². The Kier molecular flexibility index (Phi) is 9.91. The van der Waals surface area contributed by atoms with Gasteiger partial charge in [0, 0.05) is 29.2 Å². The van der Waals surface area contributed by atoms with Gasteiger partial charge in [0.1, 0.15) is 6.04 Å². The van der Waals surface area contributed by atoms with E-state index in [4.69, 9.17) is 0 Å². The number of non-ortho nitro benzene ring substituents is 1. The summed E-state index contributed by atoms with van der Waals surface area (Å²) in [5.41, 5.74) is 4.57. The van der Waals surface area contributed by atoms with E-state index in [0.717, 1.165) is 5.56 Å². The van der Waals surface area contributed by atoms with E-state index < -0.39 is 28.7 Å². The SMILES string of the molecule is COC(=O)c1ccc(C=NNC(=O)C(CSCc2ccccc2)NC(=O)c2ccc([N+](=O)[O-])cc2)cc1. The maximum Gasteiger partial charge on any atom is 0.337 e. The first-order valence-corrected chi connectivity index (χ1v) is 12.2. The molecule has 1 atom stereocenters. The van der Waals surface area contributed by atoms with Crippen LogP contribution in [0.1, 0.15) is 31.8 Å². The van der Waals surface area contributed by atoms with Gasteiger partial charge in [0.15, 0.2) is 0 Å². The Morgan fingerprint density at radius 1 is 1.00 bits per heavy atom. The van der Waals surface area contributed by atoms with Gasteiger partial charge in [0.2, 0.25) is 0 Å². The highest BCUT2D eigenvalue weighted by Crippen LogP contribution is 2.15. The summed E-state index contributed by atoms with van der Waals surface area (Å²) in [7, 11) is 1.29. The highest BCUT2D eigenvalue weighted by atomic mass is 32.2. The van der Waals surface area contributed by atoms with Crippen molar-refractivity contribution in [2.45, 2.75) is 11.8 Å². The molecule has 3 aromatic carbocycles. The van der Waals surface area contributed by atoms with E-state index in [1.165, 1.54) is 49.4 Å². The number of carbonyl (C=O) groups is 3. The van der Waals surface area contributed by atoms with Crippen molar-refractivity contribution in [2.24, 2.45) is 5.10 Å². The molecule has 0 bridgehead atoms. The Morgan fingerprint density at radius 2 is 1.65 bits per heavy atom. The lowest BCUT2D eigenvalue weighted by Crippen LogP contribution is -2.47. The number of hydrazone groups is 1. The molecule has 37 heavy (non-hydrogen) atoms. The number of esters is 1. The number of hydrogen-bond acceptors (Lipinski definition) is 8. The second-order valence-electron chi connectivity index (χ2n) is 7.68. The first-order valence-electron chi connectivity index (χ1n) is 11.1. The molecule has 0 saturated carbocycles. The Morgan fingerprint density at radius 3 is 2.27 bits per heavy atom. The van der Waals surface area contributed by atoms with Gasteiger partial charge >= 0.3 is 5.97 Å². The number of benzene rings is 3. The van der Waals surface area contributed by atoms with E-state index in [-0.39, 0.29) is 17.0 Å². The average Bonchev–Trinajstić information content (AvgIpc) is 2.93. The number of hydrogen-bond donors (Lipinski definition) is 2. The van der Waals surface area contributed by atoms with Crippen LogP contribution in [0.15, 0.2) is 84.0 Å². The highest BCUT2D eigenvalue weighted by molar-refractivity contribution is 7.98. The maximum atomic E-state index is 12.9. The van der Waals surface area contributed by atoms with Crippen LogP contribution in [0.5, 0.6) is 0 Å². The standard InChI is InChI=1S/C26H24N4O6S/c1-36-26(33)21-9-7-18(8-10-21)15-27-29-25(32)23(17-37-16-19-5-3-2-4-6-19)28-24(31)20-11-13-22(14-12-20)30(34)35/h2-15,23H,16-17H2,1H3,(H,28,31)(H,29,32). The van der Waals surface area contributed by atoms with E-state index in [2.05, 4.69) is 20.6 Å².